The Labute approximate surface area is 125 Å². The molecule has 4 nitrogen and oxygen atoms in total. The second-order valence-corrected chi connectivity index (χ2v) is 6.77. The van der Waals surface area contributed by atoms with Gasteiger partial charge in [-0.15, -0.1) is 0 Å². The van der Waals surface area contributed by atoms with Crippen molar-refractivity contribution in [1.29, 1.82) is 0 Å². The smallest absolute Gasteiger partial charge is 0.227 e. The summed E-state index contributed by atoms with van der Waals surface area (Å²) in [6, 6.07) is 0. The Morgan fingerprint density at radius 2 is 1.45 bits per heavy atom. The van der Waals surface area contributed by atoms with Crippen LogP contribution in [0.3, 0.4) is 0 Å². The Hall–Kier alpha value is -1.10. The molecule has 0 spiro atoms. The number of rotatable bonds is 5. The zero-order valence-corrected chi connectivity index (χ0v) is 14.0. The summed E-state index contributed by atoms with van der Waals surface area (Å²) >= 11 is 0. The molecule has 0 aliphatic heterocycles. The third-order valence-corrected chi connectivity index (χ3v) is 4.13. The molecule has 4 heteroatoms. The molecule has 20 heavy (non-hydrogen) atoms. The average Bonchev–Trinajstić information content (AvgIpc) is 3.12. The lowest BCUT2D eigenvalue weighted by Gasteiger charge is -2.29. The first-order valence-corrected chi connectivity index (χ1v) is 7.26. The van der Waals surface area contributed by atoms with Gasteiger partial charge >= 0.3 is 0 Å². The topological polar surface area (TPSA) is 15.2 Å². The van der Waals surface area contributed by atoms with E-state index < -0.39 is 0 Å². The molecule has 1 aliphatic carbocycles. The lowest BCUT2D eigenvalue weighted by atomic mass is 10.1. The van der Waals surface area contributed by atoms with E-state index in [9.17, 15) is 0 Å². The van der Waals surface area contributed by atoms with Gasteiger partial charge in [0.15, 0.2) is 0 Å². The van der Waals surface area contributed by atoms with Gasteiger partial charge in [-0.3, -0.25) is 9.80 Å². The second kappa shape index (κ2) is 8.25. The van der Waals surface area contributed by atoms with Crippen molar-refractivity contribution in [2.45, 2.75) is 51.6 Å². The molecule has 0 unspecified atom stereocenters. The highest BCUT2D eigenvalue weighted by atomic mass is 15.2. The van der Waals surface area contributed by atoms with Crippen LogP contribution in [0.15, 0.2) is 0 Å². The molecule has 0 bridgehead atoms. The maximum Gasteiger partial charge on any atom is 0.227 e. The van der Waals surface area contributed by atoms with E-state index in [1.807, 2.05) is 7.05 Å². The molecule has 0 radical (unpaired) electrons. The Bertz CT molecular complexity index is 327. The fourth-order valence-corrected chi connectivity index (χ4v) is 1.57. The molecule has 0 N–H and O–H groups in total. The first-order valence-electron chi connectivity index (χ1n) is 7.26. The number of likely N-dealkylation sites (N-methyl/N-ethyl adjacent to an activating group) is 2. The van der Waals surface area contributed by atoms with Crippen LogP contribution in [0.25, 0.3) is 9.69 Å². The van der Waals surface area contributed by atoms with Crippen LogP contribution in [0.5, 0.6) is 0 Å². The lowest BCUT2D eigenvalue weighted by molar-refractivity contribution is 0.184. The largest absolute Gasteiger partial charge is 0.316 e. The molecule has 1 fully saturated rings. The third kappa shape index (κ3) is 7.48. The first kappa shape index (κ1) is 18.9. The fraction of sp³-hybridized carbons (Fsp3) is 0.875. The van der Waals surface area contributed by atoms with Crippen molar-refractivity contribution in [2.75, 3.05) is 40.3 Å². The van der Waals surface area contributed by atoms with Crippen LogP contribution in [0, 0.1) is 13.1 Å². The lowest BCUT2D eigenvalue weighted by Crippen LogP contribution is -2.39. The van der Waals surface area contributed by atoms with E-state index in [1.165, 1.54) is 12.8 Å². The number of hydrogen-bond donors (Lipinski definition) is 0. The highest BCUT2D eigenvalue weighted by molar-refractivity contribution is 4.98. The molecule has 1 aliphatic rings. The van der Waals surface area contributed by atoms with Crippen LogP contribution in [-0.2, 0) is 0 Å². The molecular formula is C16H30N4. The van der Waals surface area contributed by atoms with Gasteiger partial charge in [0.1, 0.15) is 0 Å². The quantitative estimate of drug-likeness (QED) is 0.718. The molecule has 0 amide bonds. The van der Waals surface area contributed by atoms with E-state index in [-0.39, 0.29) is 5.54 Å². The Balaban J connectivity index is 0.000000361. The van der Waals surface area contributed by atoms with E-state index in [4.69, 9.17) is 13.1 Å². The predicted octanol–water partition coefficient (Wildman–Crippen LogP) is 3.03. The molecule has 0 aromatic carbocycles. The van der Waals surface area contributed by atoms with Gasteiger partial charge in [0, 0.05) is 11.1 Å². The van der Waals surface area contributed by atoms with Gasteiger partial charge in [-0.25, -0.2) is 13.1 Å². The van der Waals surface area contributed by atoms with E-state index in [0.717, 1.165) is 13.1 Å². The Morgan fingerprint density at radius 1 is 1.00 bits per heavy atom. The Morgan fingerprint density at radius 3 is 1.80 bits per heavy atom. The molecule has 0 aromatic rings. The molecule has 0 saturated heterocycles. The van der Waals surface area contributed by atoms with E-state index in [2.05, 4.69) is 54.2 Å². The minimum atomic E-state index is 0.199. The summed E-state index contributed by atoms with van der Waals surface area (Å²) < 4.78 is 0. The first-order chi connectivity index (χ1) is 9.17. The standard InChI is InChI=1S/C8H14N2.C8H16N2/c1-8(4-5-8)10(3)7-6-9-2;1-8(2,3)10(5)7-6-9-4/h4-7H2,1,3H3;6-7H2,1-3,5H3. The molecule has 114 valence electrons. The summed E-state index contributed by atoms with van der Waals surface area (Å²) in [7, 11) is 4.16. The van der Waals surface area contributed by atoms with Crippen LogP contribution < -0.4 is 0 Å². The summed E-state index contributed by atoms with van der Waals surface area (Å²) in [5, 5.41) is 0. The zero-order chi connectivity index (χ0) is 15.8. The van der Waals surface area contributed by atoms with E-state index in [1.54, 1.807) is 0 Å². The molecular weight excluding hydrogens is 248 g/mol. The summed E-state index contributed by atoms with van der Waals surface area (Å²) in [4.78, 5) is 11.1. The van der Waals surface area contributed by atoms with Gasteiger partial charge in [0.05, 0.1) is 13.1 Å². The van der Waals surface area contributed by atoms with Gasteiger partial charge in [-0.2, -0.15) is 0 Å². The van der Waals surface area contributed by atoms with Crippen molar-refractivity contribution < 1.29 is 0 Å². The van der Waals surface area contributed by atoms with Crippen molar-refractivity contribution in [3.8, 4) is 0 Å². The highest BCUT2D eigenvalue weighted by Crippen LogP contribution is 2.39. The fourth-order valence-electron chi connectivity index (χ4n) is 1.57. The highest BCUT2D eigenvalue weighted by Gasteiger charge is 2.41. The van der Waals surface area contributed by atoms with Crippen molar-refractivity contribution in [1.82, 2.24) is 9.80 Å². The number of hydrogen-bond acceptors (Lipinski definition) is 2. The van der Waals surface area contributed by atoms with Crippen molar-refractivity contribution in [2.24, 2.45) is 0 Å². The maximum atomic E-state index is 6.62. The minimum Gasteiger partial charge on any atom is -0.316 e. The van der Waals surface area contributed by atoms with Gasteiger partial charge in [-0.1, -0.05) is 0 Å². The van der Waals surface area contributed by atoms with Crippen LogP contribution in [0.2, 0.25) is 0 Å². The molecule has 0 atom stereocenters. The van der Waals surface area contributed by atoms with E-state index in [0.29, 0.717) is 18.6 Å². The van der Waals surface area contributed by atoms with Crippen LogP contribution in [0.1, 0.15) is 40.5 Å². The maximum absolute atomic E-state index is 6.62. The van der Waals surface area contributed by atoms with Crippen molar-refractivity contribution >= 4 is 0 Å². The summed E-state index contributed by atoms with van der Waals surface area (Å²) in [6.45, 7) is 25.0. The monoisotopic (exact) mass is 278 g/mol. The molecule has 0 heterocycles. The van der Waals surface area contributed by atoms with Gasteiger partial charge in [-0.05, 0) is 54.6 Å². The second-order valence-electron chi connectivity index (χ2n) is 6.77. The van der Waals surface area contributed by atoms with Crippen molar-refractivity contribution in [3.05, 3.63) is 22.8 Å². The minimum absolute atomic E-state index is 0.199. The Kier molecular flexibility index (Phi) is 7.79. The third-order valence-electron chi connectivity index (χ3n) is 4.13. The van der Waals surface area contributed by atoms with Crippen molar-refractivity contribution in [3.63, 3.8) is 0 Å². The van der Waals surface area contributed by atoms with Gasteiger partial charge < -0.3 is 9.69 Å². The summed E-state index contributed by atoms with van der Waals surface area (Å²) in [5.74, 6) is 0. The summed E-state index contributed by atoms with van der Waals surface area (Å²) in [5.41, 5.74) is 0.648. The normalized spacial score (nSPS) is 16.1. The number of nitrogens with zero attached hydrogens (tertiary/aromatic N) is 4. The predicted molar refractivity (Wildman–Crippen MR) is 85.6 cm³/mol. The SMILES string of the molecule is [C-]#[N+]CCN(C)C(C)(C)C.[C-]#[N+]CCN(C)C1(C)CC1. The average molecular weight is 278 g/mol. The van der Waals surface area contributed by atoms with Crippen LogP contribution >= 0.6 is 0 Å². The molecule has 1 rings (SSSR count). The van der Waals surface area contributed by atoms with Crippen LogP contribution in [0.4, 0.5) is 0 Å². The zero-order valence-electron chi connectivity index (χ0n) is 14.0. The molecule has 1 saturated carbocycles. The van der Waals surface area contributed by atoms with Gasteiger partial charge in [0.25, 0.3) is 0 Å². The van der Waals surface area contributed by atoms with Crippen LogP contribution in [-0.4, -0.2) is 61.2 Å². The van der Waals surface area contributed by atoms with Gasteiger partial charge in [0.2, 0.25) is 13.1 Å². The summed E-state index contributed by atoms with van der Waals surface area (Å²) in [6.07, 6.45) is 2.61. The molecule has 0 aromatic heterocycles. The van der Waals surface area contributed by atoms with E-state index >= 15 is 0 Å².